The number of aromatic amines is 1. The van der Waals surface area contributed by atoms with Gasteiger partial charge in [-0.2, -0.15) is 0 Å². The summed E-state index contributed by atoms with van der Waals surface area (Å²) in [5.41, 5.74) is -2.43. The van der Waals surface area contributed by atoms with E-state index in [1.165, 1.54) is 13.8 Å². The SMILES string of the molecule is CC(C)OC(=O)[C@H](C)NP(=O)(OCCSC(=O)C(C)(C)CO)OC[C@H]1O[C@@H](n2ccc(=O)[nH]c2=O)[C@](C)(Cl)[C@@H]1O. The molecule has 1 aliphatic heterocycles. The Labute approximate surface area is 240 Å². The average molecular weight is 630 g/mol. The van der Waals surface area contributed by atoms with Gasteiger partial charge in [0.1, 0.15) is 23.1 Å². The number of carbonyl (C=O) groups excluding carboxylic acids is 2. The maximum atomic E-state index is 13.6. The van der Waals surface area contributed by atoms with E-state index in [4.69, 9.17) is 30.1 Å². The zero-order valence-electron chi connectivity index (χ0n) is 23.1. The number of aliphatic hydroxyl groups is 2. The van der Waals surface area contributed by atoms with Crippen molar-refractivity contribution in [1.82, 2.24) is 14.6 Å². The highest BCUT2D eigenvalue weighted by molar-refractivity contribution is 8.13. The van der Waals surface area contributed by atoms with Gasteiger partial charge in [0, 0.05) is 18.0 Å². The summed E-state index contributed by atoms with van der Waals surface area (Å²) in [5, 5.41) is 22.4. The number of esters is 1. The molecule has 2 heterocycles. The van der Waals surface area contributed by atoms with Gasteiger partial charge in [0.05, 0.1) is 31.3 Å². The Bertz CT molecular complexity index is 1200. The fraction of sp³-hybridized carbons (Fsp3) is 0.739. The minimum absolute atomic E-state index is 0.0572. The summed E-state index contributed by atoms with van der Waals surface area (Å²) in [6.45, 7) is 8.11. The molecule has 6 atom stereocenters. The summed E-state index contributed by atoms with van der Waals surface area (Å²) < 4.78 is 36.5. The number of aliphatic hydroxyl groups excluding tert-OH is 2. The number of nitrogens with zero attached hydrogens (tertiary/aromatic N) is 1. The molecule has 0 spiro atoms. The van der Waals surface area contributed by atoms with Crippen LogP contribution in [0.4, 0.5) is 0 Å². The van der Waals surface area contributed by atoms with Crippen LogP contribution in [0.5, 0.6) is 0 Å². The zero-order valence-corrected chi connectivity index (χ0v) is 25.6. The highest BCUT2D eigenvalue weighted by Gasteiger charge is 2.54. The molecule has 40 heavy (non-hydrogen) atoms. The molecule has 0 saturated carbocycles. The molecule has 0 amide bonds. The molecule has 1 fully saturated rings. The molecule has 0 aromatic carbocycles. The van der Waals surface area contributed by atoms with Gasteiger partial charge in [0.15, 0.2) is 11.3 Å². The van der Waals surface area contributed by atoms with E-state index in [-0.39, 0.29) is 24.1 Å². The standard InChI is InChI=1S/C23H37ClN3O11PS/c1-13(2)37-18(31)14(3)26-39(34,35-9-10-40-20(32)22(4,5)12-28)36-11-15-17(30)23(6,24)19(38-15)27-8-7-16(29)25-21(27)33/h7-8,13-15,17,19,28,30H,9-12H2,1-6H3,(H,26,34)(H,25,29,33)/t14-,15+,17+,19+,23+,39?/m0/s1. The Balaban J connectivity index is 2.16. The fourth-order valence-corrected chi connectivity index (χ4v) is 6.13. The van der Waals surface area contributed by atoms with E-state index in [2.05, 4.69) is 10.1 Å². The monoisotopic (exact) mass is 629 g/mol. The van der Waals surface area contributed by atoms with Crippen LogP contribution in [0.1, 0.15) is 47.8 Å². The van der Waals surface area contributed by atoms with Crippen molar-refractivity contribution in [2.45, 2.75) is 77.0 Å². The summed E-state index contributed by atoms with van der Waals surface area (Å²) in [4.78, 5) is 48.8. The Hall–Kier alpha value is -1.55. The molecule has 1 aromatic heterocycles. The first-order valence-corrected chi connectivity index (χ1v) is 15.3. The molecule has 17 heteroatoms. The van der Waals surface area contributed by atoms with E-state index < -0.39 is 72.4 Å². The number of thioether (sulfide) groups is 1. The van der Waals surface area contributed by atoms with Crippen LogP contribution in [0.3, 0.4) is 0 Å². The molecular formula is C23H37ClN3O11PS. The second kappa shape index (κ2) is 14.1. The minimum atomic E-state index is -4.28. The maximum absolute atomic E-state index is 13.6. The summed E-state index contributed by atoms with van der Waals surface area (Å²) in [6, 6.07) is -0.0434. The maximum Gasteiger partial charge on any atom is 0.406 e. The number of carbonyl (C=O) groups is 2. The molecule has 0 bridgehead atoms. The first-order valence-electron chi connectivity index (χ1n) is 12.4. The smallest absolute Gasteiger partial charge is 0.406 e. The highest BCUT2D eigenvalue weighted by atomic mass is 35.5. The van der Waals surface area contributed by atoms with E-state index in [0.717, 1.165) is 28.6 Å². The van der Waals surface area contributed by atoms with Gasteiger partial charge in [-0.25, -0.2) is 14.4 Å². The second-order valence-corrected chi connectivity index (χ2v) is 13.9. The van der Waals surface area contributed by atoms with E-state index in [1.54, 1.807) is 27.7 Å². The van der Waals surface area contributed by atoms with Crippen LogP contribution < -0.4 is 16.3 Å². The van der Waals surface area contributed by atoms with Gasteiger partial charge in [-0.15, -0.1) is 11.6 Å². The van der Waals surface area contributed by atoms with E-state index in [9.17, 15) is 34.0 Å². The second-order valence-electron chi connectivity index (χ2n) is 10.3. The van der Waals surface area contributed by atoms with Gasteiger partial charge >= 0.3 is 19.4 Å². The van der Waals surface area contributed by atoms with Crippen LogP contribution in [-0.4, -0.2) is 85.7 Å². The molecule has 4 N–H and O–H groups in total. The largest absolute Gasteiger partial charge is 0.462 e. The molecule has 1 aromatic rings. The van der Waals surface area contributed by atoms with Gasteiger partial charge in [-0.1, -0.05) is 11.8 Å². The van der Waals surface area contributed by atoms with Crippen molar-refractivity contribution in [3.63, 3.8) is 0 Å². The van der Waals surface area contributed by atoms with Gasteiger partial charge < -0.3 is 19.7 Å². The van der Waals surface area contributed by atoms with Crippen LogP contribution in [0.2, 0.25) is 0 Å². The van der Waals surface area contributed by atoms with Gasteiger partial charge in [-0.3, -0.25) is 33.0 Å². The molecule has 0 radical (unpaired) electrons. The zero-order chi connectivity index (χ0) is 30.5. The Morgan fingerprint density at radius 3 is 2.55 bits per heavy atom. The lowest BCUT2D eigenvalue weighted by Gasteiger charge is -2.26. The van der Waals surface area contributed by atoms with Crippen molar-refractivity contribution in [2.75, 3.05) is 25.6 Å². The van der Waals surface area contributed by atoms with Crippen LogP contribution in [0.15, 0.2) is 21.9 Å². The third-order valence-corrected chi connectivity index (χ3v) is 9.12. The third kappa shape index (κ3) is 8.97. The van der Waals surface area contributed by atoms with E-state index >= 15 is 0 Å². The lowest BCUT2D eigenvalue weighted by atomic mass is 9.97. The van der Waals surface area contributed by atoms with Crippen molar-refractivity contribution in [2.24, 2.45) is 5.41 Å². The molecular weight excluding hydrogens is 593 g/mol. The van der Waals surface area contributed by atoms with E-state index in [0.29, 0.717) is 0 Å². The number of H-pyrrole nitrogens is 1. The van der Waals surface area contributed by atoms with Gasteiger partial charge in [-0.05, 0) is 41.5 Å². The van der Waals surface area contributed by atoms with Crippen molar-refractivity contribution < 1.29 is 42.9 Å². The predicted octanol–water partition coefficient (Wildman–Crippen LogP) is 1.14. The van der Waals surface area contributed by atoms with Crippen molar-refractivity contribution >= 4 is 42.2 Å². The number of alkyl halides is 1. The van der Waals surface area contributed by atoms with E-state index in [1.807, 2.05) is 0 Å². The van der Waals surface area contributed by atoms with Crippen molar-refractivity contribution in [3.05, 3.63) is 33.1 Å². The molecule has 1 aliphatic rings. The minimum Gasteiger partial charge on any atom is -0.462 e. The Kier molecular flexibility index (Phi) is 12.2. The van der Waals surface area contributed by atoms with Crippen LogP contribution in [0.25, 0.3) is 0 Å². The molecule has 14 nitrogen and oxygen atoms in total. The lowest BCUT2D eigenvalue weighted by Crippen LogP contribution is -2.43. The van der Waals surface area contributed by atoms with Gasteiger partial charge in [0.2, 0.25) is 0 Å². The molecule has 1 unspecified atom stereocenters. The number of hydrogen-bond acceptors (Lipinski definition) is 12. The first kappa shape index (κ1) is 34.7. The molecule has 2 rings (SSSR count). The fourth-order valence-electron chi connectivity index (χ4n) is 3.42. The topological polar surface area (TPSA) is 195 Å². The van der Waals surface area contributed by atoms with Crippen LogP contribution in [-0.2, 0) is 32.7 Å². The average Bonchev–Trinajstić information content (AvgIpc) is 3.08. The molecule has 1 saturated heterocycles. The molecule has 0 aliphatic carbocycles. The lowest BCUT2D eigenvalue weighted by molar-refractivity contribution is -0.149. The van der Waals surface area contributed by atoms with Gasteiger partial charge in [0.25, 0.3) is 5.56 Å². The number of halogens is 1. The highest BCUT2D eigenvalue weighted by Crippen LogP contribution is 2.48. The quantitative estimate of drug-likeness (QED) is 0.0991. The summed E-state index contributed by atoms with van der Waals surface area (Å²) in [7, 11) is -4.28. The number of aromatic nitrogens is 2. The third-order valence-electron chi connectivity index (χ3n) is 5.81. The number of ether oxygens (including phenoxy) is 2. The summed E-state index contributed by atoms with van der Waals surface area (Å²) in [5.74, 6) is -0.665. The Morgan fingerprint density at radius 2 is 1.98 bits per heavy atom. The molecule has 228 valence electrons. The first-order chi connectivity index (χ1) is 18.4. The summed E-state index contributed by atoms with van der Waals surface area (Å²) in [6.07, 6.45) is -3.13. The summed E-state index contributed by atoms with van der Waals surface area (Å²) >= 11 is 7.38. The van der Waals surface area contributed by atoms with Crippen LogP contribution in [0, 0.1) is 5.41 Å². The number of hydrogen-bond donors (Lipinski definition) is 4. The normalized spacial score (nSPS) is 25.5. The van der Waals surface area contributed by atoms with Crippen molar-refractivity contribution in [3.8, 4) is 0 Å². The van der Waals surface area contributed by atoms with Crippen LogP contribution >= 0.6 is 31.1 Å². The Morgan fingerprint density at radius 1 is 1.32 bits per heavy atom. The number of nitrogens with one attached hydrogen (secondary N) is 2. The predicted molar refractivity (Wildman–Crippen MR) is 147 cm³/mol. The van der Waals surface area contributed by atoms with Crippen molar-refractivity contribution in [1.29, 1.82) is 0 Å². The number of rotatable bonds is 14.